The third kappa shape index (κ3) is 2.67. The van der Waals surface area contributed by atoms with Crippen LogP contribution in [0.3, 0.4) is 0 Å². The Bertz CT molecular complexity index is 946. The number of carbonyl (C=O) groups is 1. The number of aromatic nitrogens is 4. The second-order valence-corrected chi connectivity index (χ2v) is 6.95. The van der Waals surface area contributed by atoms with E-state index in [1.807, 2.05) is 35.2 Å². The van der Waals surface area contributed by atoms with Gasteiger partial charge in [0.2, 0.25) is 0 Å². The number of rotatable bonds is 2. The third-order valence-electron chi connectivity index (χ3n) is 4.70. The zero-order valence-electron chi connectivity index (χ0n) is 14.7. The van der Waals surface area contributed by atoms with Crippen molar-refractivity contribution < 1.29 is 4.79 Å². The minimum Gasteiger partial charge on any atom is -0.328 e. The molecule has 2 aromatic heterocycles. The minimum atomic E-state index is -0.0575. The van der Waals surface area contributed by atoms with Crippen LogP contribution in [0.1, 0.15) is 54.9 Å². The number of carbonyl (C=O) groups excluding carboxylic acids is 1. The fraction of sp³-hybridized carbons (Fsp3) is 0.368. The van der Waals surface area contributed by atoms with Crippen LogP contribution in [0.4, 0.5) is 0 Å². The maximum absolute atomic E-state index is 12.9. The molecule has 1 aliphatic rings. The first kappa shape index (κ1) is 15.7. The molecule has 25 heavy (non-hydrogen) atoms. The van der Waals surface area contributed by atoms with E-state index in [9.17, 15) is 4.79 Å². The van der Waals surface area contributed by atoms with E-state index < -0.39 is 0 Å². The van der Waals surface area contributed by atoms with Gasteiger partial charge in [-0.05, 0) is 18.4 Å². The number of nitrogens with zero attached hydrogens (tertiary/aromatic N) is 5. The summed E-state index contributed by atoms with van der Waals surface area (Å²) in [5.74, 6) is 2.08. The highest BCUT2D eigenvalue weighted by molar-refractivity contribution is 5.96. The van der Waals surface area contributed by atoms with Crippen molar-refractivity contribution in [2.24, 2.45) is 0 Å². The average Bonchev–Trinajstić information content (AvgIpc) is 3.05. The van der Waals surface area contributed by atoms with Crippen molar-refractivity contribution in [3.8, 4) is 0 Å². The van der Waals surface area contributed by atoms with Crippen LogP contribution in [-0.2, 0) is 6.54 Å². The molecule has 0 spiro atoms. The smallest absolute Gasteiger partial charge is 0.272 e. The van der Waals surface area contributed by atoms with Crippen molar-refractivity contribution in [2.45, 2.75) is 39.3 Å². The Morgan fingerprint density at radius 1 is 1.20 bits per heavy atom. The molecule has 6 heteroatoms. The molecule has 0 aliphatic carbocycles. The lowest BCUT2D eigenvalue weighted by Crippen LogP contribution is -2.41. The number of pyridine rings is 1. The Hall–Kier alpha value is -2.76. The van der Waals surface area contributed by atoms with Gasteiger partial charge in [-0.1, -0.05) is 38.1 Å². The summed E-state index contributed by atoms with van der Waals surface area (Å²) >= 11 is 0. The van der Waals surface area contributed by atoms with Gasteiger partial charge in [0.1, 0.15) is 11.5 Å². The molecule has 3 heterocycles. The van der Waals surface area contributed by atoms with Gasteiger partial charge in [0.05, 0.1) is 12.6 Å². The van der Waals surface area contributed by atoms with Gasteiger partial charge in [-0.25, -0.2) is 0 Å². The first-order chi connectivity index (χ1) is 12.0. The van der Waals surface area contributed by atoms with E-state index in [1.54, 1.807) is 6.20 Å². The van der Waals surface area contributed by atoms with Crippen LogP contribution in [0.15, 0.2) is 36.5 Å². The summed E-state index contributed by atoms with van der Waals surface area (Å²) in [7, 11) is 0. The van der Waals surface area contributed by atoms with E-state index in [0.29, 0.717) is 24.7 Å². The second-order valence-electron chi connectivity index (χ2n) is 6.95. The predicted molar refractivity (Wildman–Crippen MR) is 95.3 cm³/mol. The molecule has 0 unspecified atom stereocenters. The molecule has 0 fully saturated rings. The van der Waals surface area contributed by atoms with Gasteiger partial charge < -0.3 is 9.47 Å². The molecule has 0 radical (unpaired) electrons. The van der Waals surface area contributed by atoms with E-state index in [-0.39, 0.29) is 11.9 Å². The molecule has 0 N–H and O–H groups in total. The van der Waals surface area contributed by atoms with Crippen molar-refractivity contribution in [3.05, 3.63) is 53.9 Å². The van der Waals surface area contributed by atoms with Gasteiger partial charge in [0, 0.05) is 24.0 Å². The Labute approximate surface area is 146 Å². The number of hydrogen-bond acceptors (Lipinski definition) is 4. The van der Waals surface area contributed by atoms with Crippen LogP contribution >= 0.6 is 0 Å². The molecule has 0 saturated heterocycles. The van der Waals surface area contributed by atoms with Crippen LogP contribution in [0.2, 0.25) is 0 Å². The lowest BCUT2D eigenvalue weighted by molar-refractivity contribution is 0.0673. The number of benzene rings is 1. The second kappa shape index (κ2) is 5.95. The number of hydrogen-bond donors (Lipinski definition) is 0. The van der Waals surface area contributed by atoms with Gasteiger partial charge in [0.25, 0.3) is 5.91 Å². The summed E-state index contributed by atoms with van der Waals surface area (Å²) < 4.78 is 2.17. The molecule has 1 aromatic carbocycles. The summed E-state index contributed by atoms with van der Waals surface area (Å²) in [5, 5.41) is 10.7. The highest BCUT2D eigenvalue weighted by atomic mass is 16.2. The van der Waals surface area contributed by atoms with Crippen molar-refractivity contribution >= 4 is 16.7 Å². The summed E-state index contributed by atoms with van der Waals surface area (Å²) in [6.45, 7) is 7.43. The van der Waals surface area contributed by atoms with Crippen LogP contribution in [0, 0.1) is 0 Å². The zero-order valence-corrected chi connectivity index (χ0v) is 14.7. The van der Waals surface area contributed by atoms with E-state index in [4.69, 9.17) is 0 Å². The number of amides is 1. The maximum Gasteiger partial charge on any atom is 0.272 e. The predicted octanol–water partition coefficient (Wildman–Crippen LogP) is 3.17. The van der Waals surface area contributed by atoms with E-state index in [0.717, 1.165) is 22.4 Å². The molecule has 1 amide bonds. The maximum atomic E-state index is 12.9. The average molecular weight is 335 g/mol. The molecular weight excluding hydrogens is 314 g/mol. The van der Waals surface area contributed by atoms with Crippen molar-refractivity contribution in [3.63, 3.8) is 0 Å². The van der Waals surface area contributed by atoms with E-state index >= 15 is 0 Å². The topological polar surface area (TPSA) is 63.9 Å². The van der Waals surface area contributed by atoms with Gasteiger partial charge in [-0.15, -0.1) is 10.2 Å². The quantitative estimate of drug-likeness (QED) is 0.721. The molecule has 4 rings (SSSR count). The molecule has 6 nitrogen and oxygen atoms in total. The van der Waals surface area contributed by atoms with E-state index in [2.05, 4.69) is 40.5 Å². The fourth-order valence-corrected chi connectivity index (χ4v) is 3.47. The molecular formula is C19H21N5O. The lowest BCUT2D eigenvalue weighted by atomic mass is 10.1. The van der Waals surface area contributed by atoms with Crippen molar-refractivity contribution in [2.75, 3.05) is 6.54 Å². The van der Waals surface area contributed by atoms with Gasteiger partial charge >= 0.3 is 0 Å². The number of fused-ring (bicyclic) bond motifs is 2. The minimum absolute atomic E-state index is 0.0575. The van der Waals surface area contributed by atoms with Crippen molar-refractivity contribution in [1.82, 2.24) is 24.6 Å². The first-order valence-corrected chi connectivity index (χ1v) is 8.62. The normalized spacial score (nSPS) is 17.1. The molecule has 1 atom stereocenters. The van der Waals surface area contributed by atoms with Crippen LogP contribution < -0.4 is 0 Å². The third-order valence-corrected chi connectivity index (χ3v) is 4.70. The molecule has 3 aromatic rings. The summed E-state index contributed by atoms with van der Waals surface area (Å²) in [5.41, 5.74) is 0.475. The Balaban J connectivity index is 1.64. The summed E-state index contributed by atoms with van der Waals surface area (Å²) in [6, 6.07) is 9.95. The zero-order chi connectivity index (χ0) is 17.6. The van der Waals surface area contributed by atoms with E-state index in [1.165, 1.54) is 0 Å². The Kier molecular flexibility index (Phi) is 3.75. The molecule has 1 aliphatic heterocycles. The van der Waals surface area contributed by atoms with Crippen LogP contribution in [-0.4, -0.2) is 37.1 Å². The molecule has 0 saturated carbocycles. The molecule has 128 valence electrons. The Morgan fingerprint density at radius 2 is 1.96 bits per heavy atom. The molecule has 0 bridgehead atoms. The summed E-state index contributed by atoms with van der Waals surface area (Å²) in [6.07, 6.45) is 1.76. The Morgan fingerprint density at radius 3 is 2.72 bits per heavy atom. The van der Waals surface area contributed by atoms with Gasteiger partial charge in [-0.3, -0.25) is 9.78 Å². The first-order valence-electron chi connectivity index (χ1n) is 8.62. The standard InChI is InChI=1S/C19H21N5O/c1-12(2)18-22-21-17-11-23(10-13(3)24(17)18)19(25)16-8-14-6-4-5-7-15(14)9-20-16/h4-9,12-13H,10-11H2,1-3H3/t13-/m0/s1. The lowest BCUT2D eigenvalue weighted by Gasteiger charge is -2.32. The monoisotopic (exact) mass is 335 g/mol. The van der Waals surface area contributed by atoms with Crippen molar-refractivity contribution in [1.29, 1.82) is 0 Å². The SMILES string of the molecule is CC(C)c1nnc2n1[C@@H](C)CN(C(=O)c1cc3ccccc3cn1)C2. The van der Waals surface area contributed by atoms with Gasteiger partial charge in [-0.2, -0.15) is 0 Å². The summed E-state index contributed by atoms with van der Waals surface area (Å²) in [4.78, 5) is 19.1. The highest BCUT2D eigenvalue weighted by Crippen LogP contribution is 2.26. The fourth-order valence-electron chi connectivity index (χ4n) is 3.47. The largest absolute Gasteiger partial charge is 0.328 e. The van der Waals surface area contributed by atoms with Gasteiger partial charge in [0.15, 0.2) is 5.82 Å². The van der Waals surface area contributed by atoms with Crippen LogP contribution in [0.25, 0.3) is 10.8 Å². The van der Waals surface area contributed by atoms with Crippen LogP contribution in [0.5, 0.6) is 0 Å². The highest BCUT2D eigenvalue weighted by Gasteiger charge is 2.30.